The van der Waals surface area contributed by atoms with Gasteiger partial charge in [0.1, 0.15) is 11.6 Å². The molecule has 24 heavy (non-hydrogen) atoms. The van der Waals surface area contributed by atoms with Crippen LogP contribution in [-0.4, -0.2) is 14.8 Å². The Morgan fingerprint density at radius 3 is 2.04 bits per heavy atom. The maximum atomic E-state index is 4.70. The number of aromatic nitrogens is 3. The molecule has 0 spiro atoms. The highest BCUT2D eigenvalue weighted by Gasteiger charge is 2.63. The van der Waals surface area contributed by atoms with Crippen molar-refractivity contribution in [1.29, 1.82) is 0 Å². The summed E-state index contributed by atoms with van der Waals surface area (Å²) in [6.07, 6.45) is 14.9. The van der Waals surface area contributed by atoms with E-state index in [9.17, 15) is 0 Å². The Balaban J connectivity index is 1.50. The molecule has 0 atom stereocenters. The van der Waals surface area contributed by atoms with Gasteiger partial charge >= 0.3 is 0 Å². The number of aryl methyl sites for hydroxylation is 1. The third kappa shape index (κ3) is 2.29. The zero-order valence-corrected chi connectivity index (χ0v) is 15.8. The lowest BCUT2D eigenvalue weighted by molar-refractivity contribution is -0.183. The molecule has 4 bridgehead atoms. The highest BCUT2D eigenvalue weighted by molar-refractivity contribution is 5.16. The molecule has 0 saturated heterocycles. The molecule has 1 aromatic rings. The first-order valence-corrected chi connectivity index (χ1v) is 10.2. The van der Waals surface area contributed by atoms with Gasteiger partial charge in [-0.1, -0.05) is 27.2 Å². The number of nitrogens with zero attached hydrogens (tertiary/aromatic N) is 3. The van der Waals surface area contributed by atoms with Crippen molar-refractivity contribution in [3.8, 4) is 0 Å². The van der Waals surface area contributed by atoms with Crippen molar-refractivity contribution in [2.24, 2.45) is 21.7 Å². The van der Waals surface area contributed by atoms with Gasteiger partial charge in [0.2, 0.25) is 0 Å². The first-order valence-electron chi connectivity index (χ1n) is 10.2. The number of rotatable bonds is 2. The molecule has 0 radical (unpaired) electrons. The van der Waals surface area contributed by atoms with Crippen molar-refractivity contribution in [3.63, 3.8) is 0 Å². The summed E-state index contributed by atoms with van der Waals surface area (Å²) in [5.74, 6) is 2.57. The molecule has 0 unspecified atom stereocenters. The van der Waals surface area contributed by atoms with Crippen LogP contribution in [0.5, 0.6) is 0 Å². The van der Waals surface area contributed by atoms with Gasteiger partial charge in [-0.15, -0.1) is 10.2 Å². The highest BCUT2D eigenvalue weighted by atomic mass is 15.3. The predicted molar refractivity (Wildman–Crippen MR) is 95.7 cm³/mol. The third-order valence-corrected chi connectivity index (χ3v) is 7.69. The highest BCUT2D eigenvalue weighted by Crippen LogP contribution is 2.74. The van der Waals surface area contributed by atoms with Crippen LogP contribution in [0.1, 0.15) is 90.2 Å². The molecule has 0 amide bonds. The van der Waals surface area contributed by atoms with Gasteiger partial charge in [0, 0.05) is 19.4 Å². The van der Waals surface area contributed by atoms with Gasteiger partial charge in [-0.25, -0.2) is 0 Å². The Hall–Kier alpha value is -0.860. The van der Waals surface area contributed by atoms with Crippen molar-refractivity contribution >= 4 is 0 Å². The molecule has 5 aliphatic rings. The summed E-state index contributed by atoms with van der Waals surface area (Å²) in [5, 5.41) is 9.28. The number of fused-ring (bicyclic) bond motifs is 1. The van der Waals surface area contributed by atoms with E-state index in [2.05, 4.69) is 30.4 Å². The number of hydrogen-bond acceptors (Lipinski definition) is 2. The largest absolute Gasteiger partial charge is 0.315 e. The van der Waals surface area contributed by atoms with Crippen LogP contribution >= 0.6 is 0 Å². The molecule has 1 aliphatic heterocycles. The zero-order valence-electron chi connectivity index (χ0n) is 15.8. The van der Waals surface area contributed by atoms with Crippen molar-refractivity contribution in [2.75, 3.05) is 0 Å². The Morgan fingerprint density at radius 2 is 1.42 bits per heavy atom. The fourth-order valence-electron chi connectivity index (χ4n) is 8.76. The van der Waals surface area contributed by atoms with E-state index in [-0.39, 0.29) is 0 Å². The van der Waals surface area contributed by atoms with Crippen LogP contribution in [0.15, 0.2) is 0 Å². The van der Waals surface area contributed by atoms with E-state index >= 15 is 0 Å². The van der Waals surface area contributed by atoms with E-state index in [1.807, 2.05) is 0 Å². The monoisotopic (exact) mass is 327 g/mol. The minimum atomic E-state index is 0.489. The molecule has 6 rings (SSSR count). The van der Waals surface area contributed by atoms with Gasteiger partial charge in [0.25, 0.3) is 0 Å². The molecule has 4 fully saturated rings. The second-order valence-corrected chi connectivity index (χ2v) is 11.2. The summed E-state index contributed by atoms with van der Waals surface area (Å²) in [6.45, 7) is 8.90. The molecule has 4 aliphatic carbocycles. The van der Waals surface area contributed by atoms with Crippen molar-refractivity contribution in [1.82, 2.24) is 14.8 Å². The number of hydrogen-bond donors (Lipinski definition) is 0. The molecule has 3 nitrogen and oxygen atoms in total. The van der Waals surface area contributed by atoms with Crippen LogP contribution in [0.4, 0.5) is 0 Å². The van der Waals surface area contributed by atoms with Gasteiger partial charge in [-0.2, -0.15) is 0 Å². The van der Waals surface area contributed by atoms with Gasteiger partial charge in [0.15, 0.2) is 0 Å². The van der Waals surface area contributed by atoms with E-state index in [1.54, 1.807) is 0 Å². The van der Waals surface area contributed by atoms with Crippen molar-refractivity contribution in [2.45, 2.75) is 97.9 Å². The molecular formula is C21H33N3. The second kappa shape index (κ2) is 4.65. The minimum absolute atomic E-state index is 0.489. The van der Waals surface area contributed by atoms with E-state index in [1.165, 1.54) is 75.9 Å². The lowest BCUT2D eigenvalue weighted by Gasteiger charge is -2.69. The average Bonchev–Trinajstić information content (AvgIpc) is 2.63. The molecule has 132 valence electrons. The van der Waals surface area contributed by atoms with Crippen LogP contribution in [0.25, 0.3) is 0 Å². The fourth-order valence-corrected chi connectivity index (χ4v) is 8.76. The topological polar surface area (TPSA) is 30.7 Å². The average molecular weight is 328 g/mol. The van der Waals surface area contributed by atoms with Crippen LogP contribution in [0.3, 0.4) is 0 Å². The summed E-state index contributed by atoms with van der Waals surface area (Å²) >= 11 is 0. The molecule has 4 saturated carbocycles. The van der Waals surface area contributed by atoms with Gasteiger partial charge in [0.05, 0.1) is 0 Å². The lowest BCUT2D eigenvalue weighted by Crippen LogP contribution is -2.59. The normalized spacial score (nSPS) is 46.8. The SMILES string of the molecule is CC12CC3(C)CC(C)(C1)CC(Cc1nnc4n1CCCCC4)(C2)C3. The van der Waals surface area contributed by atoms with E-state index in [0.29, 0.717) is 21.7 Å². The Morgan fingerprint density at radius 1 is 0.792 bits per heavy atom. The molecule has 0 N–H and O–H groups in total. The quantitative estimate of drug-likeness (QED) is 0.771. The van der Waals surface area contributed by atoms with Gasteiger partial charge in [-0.05, 0) is 73.0 Å². The minimum Gasteiger partial charge on any atom is -0.315 e. The molecule has 1 aromatic heterocycles. The lowest BCUT2D eigenvalue weighted by atomic mass is 9.36. The second-order valence-electron chi connectivity index (χ2n) is 11.2. The maximum absolute atomic E-state index is 4.70. The fraction of sp³-hybridized carbons (Fsp3) is 0.905. The Kier molecular flexibility index (Phi) is 2.98. The van der Waals surface area contributed by atoms with Crippen LogP contribution in [-0.2, 0) is 19.4 Å². The summed E-state index contributed by atoms with van der Waals surface area (Å²) < 4.78 is 2.50. The molecule has 3 heteroatoms. The molecule has 0 aromatic carbocycles. The smallest absolute Gasteiger partial charge is 0.133 e. The first-order chi connectivity index (χ1) is 11.3. The maximum Gasteiger partial charge on any atom is 0.133 e. The predicted octanol–water partition coefficient (Wildman–Crippen LogP) is 4.93. The summed E-state index contributed by atoms with van der Waals surface area (Å²) in [5.41, 5.74) is 2.20. The Bertz CT molecular complexity index is 619. The Labute approximate surface area is 146 Å². The first kappa shape index (κ1) is 15.4. The zero-order chi connectivity index (χ0) is 16.6. The van der Waals surface area contributed by atoms with E-state index in [0.717, 1.165) is 13.0 Å². The van der Waals surface area contributed by atoms with Gasteiger partial charge < -0.3 is 4.57 Å². The summed E-state index contributed by atoms with van der Waals surface area (Å²) in [6, 6.07) is 0. The van der Waals surface area contributed by atoms with Gasteiger partial charge in [-0.3, -0.25) is 0 Å². The van der Waals surface area contributed by atoms with Crippen molar-refractivity contribution < 1.29 is 0 Å². The summed E-state index contributed by atoms with van der Waals surface area (Å²) in [4.78, 5) is 0. The molecule has 2 heterocycles. The van der Waals surface area contributed by atoms with Crippen LogP contribution < -0.4 is 0 Å². The van der Waals surface area contributed by atoms with E-state index < -0.39 is 0 Å². The van der Waals surface area contributed by atoms with Crippen LogP contribution in [0, 0.1) is 21.7 Å². The van der Waals surface area contributed by atoms with E-state index in [4.69, 9.17) is 5.10 Å². The standard InChI is InChI=1S/C21H33N3/c1-18-10-19(2)12-20(3,11-18)15-21(13-18,14-19)9-17-23-22-16-7-5-4-6-8-24(16)17/h4-15H2,1-3H3. The summed E-state index contributed by atoms with van der Waals surface area (Å²) in [7, 11) is 0. The van der Waals surface area contributed by atoms with Crippen LogP contribution in [0.2, 0.25) is 0 Å². The molecular weight excluding hydrogens is 294 g/mol. The van der Waals surface area contributed by atoms with Crippen molar-refractivity contribution in [3.05, 3.63) is 11.6 Å². The third-order valence-electron chi connectivity index (χ3n) is 7.69.